The van der Waals surface area contributed by atoms with E-state index >= 15 is 0 Å². The Morgan fingerprint density at radius 2 is 0.839 bits per heavy atom. The molecule has 3 heterocycles. The van der Waals surface area contributed by atoms with Crippen LogP contribution in [0.25, 0.3) is 0 Å². The average molecular weight is 492 g/mol. The van der Waals surface area contributed by atoms with E-state index in [2.05, 4.69) is 0 Å². The van der Waals surface area contributed by atoms with Crippen molar-refractivity contribution in [3.05, 3.63) is 68.2 Å². The Kier molecular flexibility index (Phi) is 5.00. The van der Waals surface area contributed by atoms with Gasteiger partial charge >= 0.3 is 0 Å². The Morgan fingerprint density at radius 3 is 1.16 bits per heavy atom. The van der Waals surface area contributed by atoms with E-state index in [0.29, 0.717) is 34.9 Å². The molecule has 3 aromatic rings. The maximum absolute atomic E-state index is 6.58. The van der Waals surface area contributed by atoms with Gasteiger partial charge in [-0.05, 0) is 61.0 Å². The van der Waals surface area contributed by atoms with Gasteiger partial charge in [-0.3, -0.25) is 0 Å². The fourth-order valence-electron chi connectivity index (χ4n) is 4.64. The van der Waals surface area contributed by atoms with Gasteiger partial charge in [0.25, 0.3) is 0 Å². The summed E-state index contributed by atoms with van der Waals surface area (Å²) in [4.78, 5) is 0. The van der Waals surface area contributed by atoms with Crippen molar-refractivity contribution in [2.75, 3.05) is 19.8 Å². The molecule has 0 radical (unpaired) electrons. The summed E-state index contributed by atoms with van der Waals surface area (Å²) >= 11 is 19.8. The standard InChI is InChI=1S/C24H18Cl3O3P/c25-16-7-13-1-4-28-22(13)19(10-16)31(20-11-17(26)8-14-2-5-29-23(14)20)21-12-18(27)9-15-3-6-30-24(15)21/h7-12H,1-6H2. The zero-order valence-electron chi connectivity index (χ0n) is 16.5. The predicted octanol–water partition coefficient (Wildman–Crippen LogP) is 5.21. The zero-order valence-corrected chi connectivity index (χ0v) is 19.7. The molecular formula is C24H18Cl3O3P. The molecule has 31 heavy (non-hydrogen) atoms. The highest BCUT2D eigenvalue weighted by molar-refractivity contribution is 7.80. The first kappa shape index (κ1) is 20.0. The molecule has 0 atom stereocenters. The molecule has 3 nitrogen and oxygen atoms in total. The minimum atomic E-state index is -1.13. The van der Waals surface area contributed by atoms with Gasteiger partial charge in [-0.1, -0.05) is 34.8 Å². The largest absolute Gasteiger partial charge is 0.492 e. The van der Waals surface area contributed by atoms with Gasteiger partial charge in [0, 0.05) is 50.2 Å². The van der Waals surface area contributed by atoms with Gasteiger partial charge < -0.3 is 14.2 Å². The Labute approximate surface area is 196 Å². The van der Waals surface area contributed by atoms with Crippen molar-refractivity contribution in [2.45, 2.75) is 19.3 Å². The van der Waals surface area contributed by atoms with E-state index in [-0.39, 0.29) is 0 Å². The molecule has 0 fully saturated rings. The molecule has 3 aliphatic rings. The van der Waals surface area contributed by atoms with Crippen LogP contribution in [0.4, 0.5) is 0 Å². The van der Waals surface area contributed by atoms with E-state index in [1.807, 2.05) is 36.4 Å². The minimum Gasteiger partial charge on any atom is -0.492 e. The maximum atomic E-state index is 6.58. The molecular weight excluding hydrogens is 474 g/mol. The molecule has 7 heteroatoms. The van der Waals surface area contributed by atoms with Crippen molar-refractivity contribution in [1.29, 1.82) is 0 Å². The van der Waals surface area contributed by atoms with E-state index in [9.17, 15) is 0 Å². The summed E-state index contributed by atoms with van der Waals surface area (Å²) in [5.41, 5.74) is 3.40. The quantitative estimate of drug-likeness (QED) is 0.471. The highest BCUT2D eigenvalue weighted by Gasteiger charge is 2.34. The molecule has 0 aliphatic carbocycles. The van der Waals surface area contributed by atoms with Gasteiger partial charge in [0.15, 0.2) is 0 Å². The molecule has 0 spiro atoms. The normalized spacial score (nSPS) is 15.9. The monoisotopic (exact) mass is 490 g/mol. The predicted molar refractivity (Wildman–Crippen MR) is 128 cm³/mol. The fourth-order valence-corrected chi connectivity index (χ4v) is 8.40. The summed E-state index contributed by atoms with van der Waals surface area (Å²) in [6, 6.07) is 12.0. The number of rotatable bonds is 3. The van der Waals surface area contributed by atoms with Crippen LogP contribution in [0, 0.1) is 0 Å². The lowest BCUT2D eigenvalue weighted by atomic mass is 10.2. The molecule has 0 aromatic heterocycles. The van der Waals surface area contributed by atoms with Gasteiger partial charge in [-0.2, -0.15) is 0 Å². The van der Waals surface area contributed by atoms with E-state index in [0.717, 1.165) is 69.1 Å². The van der Waals surface area contributed by atoms with Crippen molar-refractivity contribution >= 4 is 58.6 Å². The number of fused-ring (bicyclic) bond motifs is 3. The van der Waals surface area contributed by atoms with Crippen LogP contribution in [-0.2, 0) is 19.3 Å². The Bertz CT molecular complexity index is 1080. The average Bonchev–Trinajstić information content (AvgIpc) is 3.47. The van der Waals surface area contributed by atoms with Gasteiger partial charge in [0.05, 0.1) is 19.8 Å². The minimum absolute atomic E-state index is 0.653. The first-order valence-corrected chi connectivity index (χ1v) is 12.7. The van der Waals surface area contributed by atoms with Gasteiger partial charge in [0.2, 0.25) is 0 Å². The molecule has 0 unspecified atom stereocenters. The summed E-state index contributed by atoms with van der Waals surface area (Å²) in [5.74, 6) is 2.73. The summed E-state index contributed by atoms with van der Waals surface area (Å²) < 4.78 is 18.4. The van der Waals surface area contributed by atoms with Crippen molar-refractivity contribution in [3.8, 4) is 17.2 Å². The van der Waals surface area contributed by atoms with Crippen LogP contribution in [0.3, 0.4) is 0 Å². The number of halogens is 3. The molecule has 158 valence electrons. The summed E-state index contributed by atoms with van der Waals surface area (Å²) in [7, 11) is -1.13. The second kappa shape index (κ2) is 7.74. The smallest absolute Gasteiger partial charge is 0.131 e. The zero-order chi connectivity index (χ0) is 21.1. The van der Waals surface area contributed by atoms with Crippen LogP contribution >= 0.6 is 42.7 Å². The third-order valence-corrected chi connectivity index (χ3v) is 9.01. The molecule has 0 bridgehead atoms. The lowest BCUT2D eigenvalue weighted by Gasteiger charge is -2.25. The SMILES string of the molecule is Clc1cc2c(c(P(c3cc(Cl)cc4c3OCC4)c3cc(Cl)cc4c3OCC4)c1)OCC2. The van der Waals surface area contributed by atoms with Crippen molar-refractivity contribution in [1.82, 2.24) is 0 Å². The number of ether oxygens (including phenoxy) is 3. The third-order valence-electron chi connectivity index (χ3n) is 5.91. The van der Waals surface area contributed by atoms with E-state index in [1.54, 1.807) is 0 Å². The van der Waals surface area contributed by atoms with E-state index in [4.69, 9.17) is 49.0 Å². The molecule has 0 saturated heterocycles. The van der Waals surface area contributed by atoms with E-state index in [1.165, 1.54) is 0 Å². The first-order chi connectivity index (χ1) is 15.1. The van der Waals surface area contributed by atoms with Crippen LogP contribution in [0.5, 0.6) is 17.2 Å². The van der Waals surface area contributed by atoms with E-state index < -0.39 is 7.92 Å². The summed E-state index contributed by atoms with van der Waals surface area (Å²) in [5, 5.41) is 5.25. The Balaban J connectivity index is 1.68. The van der Waals surface area contributed by atoms with Gasteiger partial charge in [-0.25, -0.2) is 0 Å². The van der Waals surface area contributed by atoms with Crippen molar-refractivity contribution in [2.24, 2.45) is 0 Å². The first-order valence-electron chi connectivity index (χ1n) is 10.2. The highest BCUT2D eigenvalue weighted by Crippen LogP contribution is 2.48. The fraction of sp³-hybridized carbons (Fsp3) is 0.250. The number of benzene rings is 3. The van der Waals surface area contributed by atoms with Crippen molar-refractivity contribution < 1.29 is 14.2 Å². The van der Waals surface area contributed by atoms with Crippen LogP contribution in [0.1, 0.15) is 16.7 Å². The molecule has 0 saturated carbocycles. The molecule has 0 amide bonds. The lowest BCUT2D eigenvalue weighted by molar-refractivity contribution is 0.358. The lowest BCUT2D eigenvalue weighted by Crippen LogP contribution is -2.24. The number of hydrogen-bond donors (Lipinski definition) is 0. The Hall–Kier alpha value is -1.64. The second-order valence-electron chi connectivity index (χ2n) is 7.87. The molecule has 3 aliphatic heterocycles. The second-order valence-corrected chi connectivity index (χ2v) is 11.3. The third kappa shape index (κ3) is 3.38. The maximum Gasteiger partial charge on any atom is 0.131 e. The van der Waals surface area contributed by atoms with Crippen LogP contribution < -0.4 is 30.1 Å². The Morgan fingerprint density at radius 1 is 0.516 bits per heavy atom. The van der Waals surface area contributed by atoms with Crippen LogP contribution in [0.15, 0.2) is 36.4 Å². The van der Waals surface area contributed by atoms with Gasteiger partial charge in [-0.15, -0.1) is 0 Å². The van der Waals surface area contributed by atoms with Crippen LogP contribution in [-0.4, -0.2) is 19.8 Å². The van der Waals surface area contributed by atoms with Crippen molar-refractivity contribution in [3.63, 3.8) is 0 Å². The van der Waals surface area contributed by atoms with Gasteiger partial charge in [0.1, 0.15) is 17.2 Å². The molecule has 0 N–H and O–H groups in total. The topological polar surface area (TPSA) is 27.7 Å². The summed E-state index contributed by atoms with van der Waals surface area (Å²) in [6.07, 6.45) is 2.54. The molecule has 3 aromatic carbocycles. The van der Waals surface area contributed by atoms with Crippen LogP contribution in [0.2, 0.25) is 15.1 Å². The highest BCUT2D eigenvalue weighted by atomic mass is 35.5. The number of hydrogen-bond acceptors (Lipinski definition) is 3. The summed E-state index contributed by atoms with van der Waals surface area (Å²) in [6.45, 7) is 1.96. The molecule has 6 rings (SSSR count).